The summed E-state index contributed by atoms with van der Waals surface area (Å²) in [6.07, 6.45) is 2.36. The third kappa shape index (κ3) is 7.10. The summed E-state index contributed by atoms with van der Waals surface area (Å²) in [5.41, 5.74) is 1.28. The maximum Gasteiger partial charge on any atom is 0.0587 e. The SMILES string of the molecule is C=C(C)CCC(C)C(C)NCCOC. The van der Waals surface area contributed by atoms with Gasteiger partial charge in [-0.3, -0.25) is 0 Å². The van der Waals surface area contributed by atoms with Gasteiger partial charge in [-0.15, -0.1) is 6.58 Å². The van der Waals surface area contributed by atoms with Gasteiger partial charge in [0, 0.05) is 19.7 Å². The Bertz CT molecular complexity index is 156. The molecule has 2 heteroatoms. The molecule has 0 spiro atoms. The summed E-state index contributed by atoms with van der Waals surface area (Å²) in [5.74, 6) is 0.698. The maximum atomic E-state index is 4.99. The molecule has 0 saturated carbocycles. The second-order valence-corrected chi connectivity index (χ2v) is 4.21. The summed E-state index contributed by atoms with van der Waals surface area (Å²) in [7, 11) is 1.73. The van der Waals surface area contributed by atoms with Crippen molar-refractivity contribution in [1.29, 1.82) is 0 Å². The standard InChI is InChI=1S/C12H25NO/c1-10(2)6-7-11(3)12(4)13-8-9-14-5/h11-13H,1,6-9H2,2-5H3. The van der Waals surface area contributed by atoms with E-state index in [4.69, 9.17) is 4.74 Å². The average molecular weight is 199 g/mol. The lowest BCUT2D eigenvalue weighted by Gasteiger charge is -2.21. The van der Waals surface area contributed by atoms with Gasteiger partial charge in [0.15, 0.2) is 0 Å². The van der Waals surface area contributed by atoms with Crippen molar-refractivity contribution in [3.8, 4) is 0 Å². The van der Waals surface area contributed by atoms with Crippen LogP contribution in [0, 0.1) is 5.92 Å². The van der Waals surface area contributed by atoms with Crippen LogP contribution in [0.3, 0.4) is 0 Å². The van der Waals surface area contributed by atoms with Crippen molar-refractivity contribution in [1.82, 2.24) is 5.32 Å². The van der Waals surface area contributed by atoms with E-state index in [2.05, 4.69) is 32.7 Å². The summed E-state index contributed by atoms with van der Waals surface area (Å²) in [6, 6.07) is 0.560. The minimum absolute atomic E-state index is 0.560. The Morgan fingerprint density at radius 1 is 1.43 bits per heavy atom. The van der Waals surface area contributed by atoms with Gasteiger partial charge < -0.3 is 10.1 Å². The second kappa shape index (κ2) is 8.01. The number of rotatable bonds is 8. The molecular weight excluding hydrogens is 174 g/mol. The van der Waals surface area contributed by atoms with Crippen LogP contribution in [0.1, 0.15) is 33.6 Å². The molecule has 2 atom stereocenters. The first-order valence-corrected chi connectivity index (χ1v) is 5.44. The van der Waals surface area contributed by atoms with Gasteiger partial charge in [-0.05, 0) is 32.6 Å². The van der Waals surface area contributed by atoms with Gasteiger partial charge in [0.05, 0.1) is 6.61 Å². The molecule has 0 aromatic rings. The Hall–Kier alpha value is -0.340. The van der Waals surface area contributed by atoms with Crippen LogP contribution in [0.4, 0.5) is 0 Å². The van der Waals surface area contributed by atoms with E-state index < -0.39 is 0 Å². The fourth-order valence-corrected chi connectivity index (χ4v) is 1.31. The van der Waals surface area contributed by atoms with Crippen molar-refractivity contribution in [2.75, 3.05) is 20.3 Å². The summed E-state index contributed by atoms with van der Waals surface area (Å²) in [4.78, 5) is 0. The van der Waals surface area contributed by atoms with Crippen LogP contribution in [0.15, 0.2) is 12.2 Å². The van der Waals surface area contributed by atoms with Crippen LogP contribution in [0.25, 0.3) is 0 Å². The summed E-state index contributed by atoms with van der Waals surface area (Å²) in [6.45, 7) is 12.3. The molecule has 0 aromatic heterocycles. The summed E-state index contributed by atoms with van der Waals surface area (Å²) >= 11 is 0. The third-order valence-electron chi connectivity index (χ3n) is 2.65. The van der Waals surface area contributed by atoms with Crippen LogP contribution < -0.4 is 5.32 Å². The molecule has 0 fully saturated rings. The zero-order chi connectivity index (χ0) is 11.0. The first-order valence-electron chi connectivity index (χ1n) is 5.44. The number of allylic oxidation sites excluding steroid dienone is 1. The van der Waals surface area contributed by atoms with E-state index in [0.717, 1.165) is 19.6 Å². The Labute approximate surface area is 88.7 Å². The lowest BCUT2D eigenvalue weighted by Crippen LogP contribution is -2.34. The van der Waals surface area contributed by atoms with Gasteiger partial charge in [0.25, 0.3) is 0 Å². The first-order chi connectivity index (χ1) is 6.57. The van der Waals surface area contributed by atoms with Crippen molar-refractivity contribution in [2.24, 2.45) is 5.92 Å². The summed E-state index contributed by atoms with van der Waals surface area (Å²) < 4.78 is 4.99. The Balaban J connectivity index is 3.53. The van der Waals surface area contributed by atoms with Crippen LogP contribution >= 0.6 is 0 Å². The highest BCUT2D eigenvalue weighted by Crippen LogP contribution is 2.13. The van der Waals surface area contributed by atoms with E-state index in [1.165, 1.54) is 12.0 Å². The molecule has 14 heavy (non-hydrogen) atoms. The average Bonchev–Trinajstić information content (AvgIpc) is 2.14. The first kappa shape index (κ1) is 13.7. The molecule has 0 saturated heterocycles. The monoisotopic (exact) mass is 199 g/mol. The zero-order valence-electron chi connectivity index (χ0n) is 10.1. The van der Waals surface area contributed by atoms with Crippen molar-refractivity contribution < 1.29 is 4.74 Å². The molecule has 0 amide bonds. The highest BCUT2D eigenvalue weighted by molar-refractivity contribution is 4.88. The van der Waals surface area contributed by atoms with Gasteiger partial charge >= 0.3 is 0 Å². The Kier molecular flexibility index (Phi) is 7.81. The largest absolute Gasteiger partial charge is 0.383 e. The topological polar surface area (TPSA) is 21.3 Å². The third-order valence-corrected chi connectivity index (χ3v) is 2.65. The molecular formula is C12H25NO. The molecule has 0 rings (SSSR count). The van der Waals surface area contributed by atoms with E-state index in [1.807, 2.05) is 0 Å². The summed E-state index contributed by atoms with van der Waals surface area (Å²) in [5, 5.41) is 3.45. The van der Waals surface area contributed by atoms with Crippen molar-refractivity contribution in [2.45, 2.75) is 39.7 Å². The van der Waals surface area contributed by atoms with Crippen molar-refractivity contribution >= 4 is 0 Å². The molecule has 0 aliphatic rings. The Morgan fingerprint density at radius 2 is 2.07 bits per heavy atom. The van der Waals surface area contributed by atoms with Crippen LogP contribution in [0.5, 0.6) is 0 Å². The van der Waals surface area contributed by atoms with Crippen LogP contribution in [-0.2, 0) is 4.74 Å². The normalized spacial score (nSPS) is 15.1. The predicted octanol–water partition coefficient (Wildman–Crippen LogP) is 2.60. The number of ether oxygens (including phenoxy) is 1. The molecule has 84 valence electrons. The Morgan fingerprint density at radius 3 is 2.57 bits per heavy atom. The number of hydrogen-bond donors (Lipinski definition) is 1. The second-order valence-electron chi connectivity index (χ2n) is 4.21. The lowest BCUT2D eigenvalue weighted by molar-refractivity contribution is 0.192. The van der Waals surface area contributed by atoms with E-state index in [9.17, 15) is 0 Å². The number of nitrogens with one attached hydrogen (secondary N) is 1. The molecule has 2 nitrogen and oxygen atoms in total. The fourth-order valence-electron chi connectivity index (χ4n) is 1.31. The van der Waals surface area contributed by atoms with Crippen molar-refractivity contribution in [3.05, 3.63) is 12.2 Å². The van der Waals surface area contributed by atoms with E-state index in [-0.39, 0.29) is 0 Å². The predicted molar refractivity (Wildman–Crippen MR) is 62.6 cm³/mol. The van der Waals surface area contributed by atoms with Gasteiger partial charge in [0.1, 0.15) is 0 Å². The highest BCUT2D eigenvalue weighted by Gasteiger charge is 2.10. The smallest absolute Gasteiger partial charge is 0.0587 e. The quantitative estimate of drug-likeness (QED) is 0.479. The number of hydrogen-bond acceptors (Lipinski definition) is 2. The molecule has 0 aromatic carbocycles. The minimum atomic E-state index is 0.560. The molecule has 2 unspecified atom stereocenters. The maximum absolute atomic E-state index is 4.99. The zero-order valence-corrected chi connectivity index (χ0v) is 10.1. The molecule has 1 N–H and O–H groups in total. The fraction of sp³-hybridized carbons (Fsp3) is 0.833. The number of methoxy groups -OCH3 is 1. The van der Waals surface area contributed by atoms with E-state index >= 15 is 0 Å². The van der Waals surface area contributed by atoms with E-state index in [1.54, 1.807) is 7.11 Å². The minimum Gasteiger partial charge on any atom is -0.383 e. The lowest BCUT2D eigenvalue weighted by atomic mass is 9.96. The highest BCUT2D eigenvalue weighted by atomic mass is 16.5. The molecule has 0 bridgehead atoms. The van der Waals surface area contributed by atoms with Gasteiger partial charge in [-0.1, -0.05) is 12.5 Å². The van der Waals surface area contributed by atoms with E-state index in [0.29, 0.717) is 12.0 Å². The van der Waals surface area contributed by atoms with Crippen molar-refractivity contribution in [3.63, 3.8) is 0 Å². The molecule has 0 heterocycles. The molecule has 0 aliphatic heterocycles. The van der Waals surface area contributed by atoms with Crippen LogP contribution in [-0.4, -0.2) is 26.3 Å². The van der Waals surface area contributed by atoms with Gasteiger partial charge in [-0.2, -0.15) is 0 Å². The molecule has 0 radical (unpaired) electrons. The van der Waals surface area contributed by atoms with Gasteiger partial charge in [0.2, 0.25) is 0 Å². The molecule has 0 aliphatic carbocycles. The van der Waals surface area contributed by atoms with Gasteiger partial charge in [-0.25, -0.2) is 0 Å². The van der Waals surface area contributed by atoms with Crippen LogP contribution in [0.2, 0.25) is 0 Å².